The number of hydrogen-bond donors (Lipinski definition) is 1. The molecule has 1 aromatic rings. The van der Waals surface area contributed by atoms with Crippen LogP contribution in [0.15, 0.2) is 30.3 Å². The number of methoxy groups -OCH3 is 1. The third kappa shape index (κ3) is 6.40. The first-order chi connectivity index (χ1) is 8.72. The molecule has 0 amide bonds. The van der Waals surface area contributed by atoms with Crippen LogP contribution in [-0.4, -0.2) is 24.3 Å². The monoisotopic (exact) mass is 250 g/mol. The topological polar surface area (TPSA) is 46.5 Å². The molecule has 1 atom stereocenters. The lowest BCUT2D eigenvalue weighted by molar-refractivity contribution is -0.140. The van der Waals surface area contributed by atoms with Crippen LogP contribution >= 0.6 is 0 Å². The molecule has 3 heteroatoms. The van der Waals surface area contributed by atoms with Crippen molar-refractivity contribution in [2.24, 2.45) is 0 Å². The lowest BCUT2D eigenvalue weighted by atomic mass is 10.0. The maximum Gasteiger partial charge on any atom is 0.305 e. The quantitative estimate of drug-likeness (QED) is 0.570. The molecule has 0 aliphatic carbocycles. The molecule has 0 bridgehead atoms. The molecular formula is C15H22O3. The van der Waals surface area contributed by atoms with E-state index < -0.39 is 0 Å². The lowest BCUT2D eigenvalue weighted by Gasteiger charge is -2.10. The zero-order chi connectivity index (χ0) is 13.2. The summed E-state index contributed by atoms with van der Waals surface area (Å²) in [6, 6.07) is 10.2. The molecule has 1 rings (SSSR count). The van der Waals surface area contributed by atoms with Gasteiger partial charge in [0.2, 0.25) is 0 Å². The first-order valence-corrected chi connectivity index (χ1v) is 6.51. The number of carbonyl (C=O) groups excluding carboxylic acids is 1. The summed E-state index contributed by atoms with van der Waals surface area (Å²) in [4.78, 5) is 10.9. The van der Waals surface area contributed by atoms with Crippen molar-refractivity contribution < 1.29 is 14.6 Å². The number of unbranched alkanes of at least 4 members (excludes halogenated alkanes) is 1. The van der Waals surface area contributed by atoms with E-state index in [9.17, 15) is 9.90 Å². The SMILES string of the molecule is COC(=O)CCCCC(O)CCc1ccccc1. The highest BCUT2D eigenvalue weighted by Gasteiger charge is 2.06. The van der Waals surface area contributed by atoms with E-state index in [4.69, 9.17) is 0 Å². The Morgan fingerprint density at radius 2 is 1.94 bits per heavy atom. The second-order valence-corrected chi connectivity index (χ2v) is 4.50. The van der Waals surface area contributed by atoms with E-state index in [-0.39, 0.29) is 12.1 Å². The fraction of sp³-hybridized carbons (Fsp3) is 0.533. The summed E-state index contributed by atoms with van der Waals surface area (Å²) >= 11 is 0. The minimum atomic E-state index is -0.275. The molecule has 18 heavy (non-hydrogen) atoms. The van der Waals surface area contributed by atoms with Gasteiger partial charge in [-0.05, 0) is 31.2 Å². The number of aliphatic hydroxyl groups is 1. The number of hydrogen-bond acceptors (Lipinski definition) is 3. The van der Waals surface area contributed by atoms with Gasteiger partial charge in [-0.25, -0.2) is 0 Å². The molecule has 0 heterocycles. The summed E-state index contributed by atoms with van der Waals surface area (Å²) in [5.41, 5.74) is 1.26. The first kappa shape index (κ1) is 14.7. The smallest absolute Gasteiger partial charge is 0.305 e. The summed E-state index contributed by atoms with van der Waals surface area (Å²) in [6.45, 7) is 0. The third-order valence-corrected chi connectivity index (χ3v) is 3.00. The van der Waals surface area contributed by atoms with Gasteiger partial charge in [0.05, 0.1) is 13.2 Å². The van der Waals surface area contributed by atoms with Gasteiger partial charge in [-0.2, -0.15) is 0 Å². The normalized spacial score (nSPS) is 12.1. The number of carbonyl (C=O) groups is 1. The van der Waals surface area contributed by atoms with Crippen molar-refractivity contribution in [3.05, 3.63) is 35.9 Å². The van der Waals surface area contributed by atoms with Crippen molar-refractivity contribution in [3.8, 4) is 0 Å². The van der Waals surface area contributed by atoms with Crippen LogP contribution in [0.2, 0.25) is 0 Å². The average molecular weight is 250 g/mol. The Kier molecular flexibility index (Phi) is 7.11. The average Bonchev–Trinajstić information content (AvgIpc) is 2.42. The van der Waals surface area contributed by atoms with Gasteiger partial charge in [-0.3, -0.25) is 4.79 Å². The molecule has 1 aromatic carbocycles. The zero-order valence-electron chi connectivity index (χ0n) is 11.0. The van der Waals surface area contributed by atoms with Gasteiger partial charge in [-0.1, -0.05) is 36.8 Å². The van der Waals surface area contributed by atoms with Crippen molar-refractivity contribution in [3.63, 3.8) is 0 Å². The number of rotatable bonds is 8. The molecule has 0 spiro atoms. The van der Waals surface area contributed by atoms with Crippen LogP contribution in [-0.2, 0) is 16.0 Å². The molecule has 1 unspecified atom stereocenters. The fourth-order valence-corrected chi connectivity index (χ4v) is 1.87. The molecule has 1 N–H and O–H groups in total. The molecule has 0 saturated carbocycles. The number of aliphatic hydroxyl groups excluding tert-OH is 1. The van der Waals surface area contributed by atoms with E-state index in [1.807, 2.05) is 18.2 Å². The van der Waals surface area contributed by atoms with Crippen LogP contribution in [0.1, 0.15) is 37.7 Å². The van der Waals surface area contributed by atoms with Crippen molar-refractivity contribution in [1.82, 2.24) is 0 Å². The molecule has 0 saturated heterocycles. The van der Waals surface area contributed by atoms with E-state index in [1.165, 1.54) is 12.7 Å². The summed E-state index contributed by atoms with van der Waals surface area (Å²) in [7, 11) is 1.40. The van der Waals surface area contributed by atoms with Gasteiger partial charge in [0.1, 0.15) is 0 Å². The van der Waals surface area contributed by atoms with Crippen LogP contribution < -0.4 is 0 Å². The van der Waals surface area contributed by atoms with Crippen LogP contribution in [0.3, 0.4) is 0 Å². The molecule has 0 aliphatic heterocycles. The summed E-state index contributed by atoms with van der Waals surface area (Å²) in [5.74, 6) is -0.172. The molecule has 0 aliphatic rings. The zero-order valence-corrected chi connectivity index (χ0v) is 11.0. The van der Waals surface area contributed by atoms with Crippen LogP contribution in [0, 0.1) is 0 Å². The number of benzene rings is 1. The summed E-state index contributed by atoms with van der Waals surface area (Å²) in [5, 5.41) is 9.82. The Balaban J connectivity index is 2.07. The summed E-state index contributed by atoms with van der Waals surface area (Å²) < 4.78 is 4.56. The summed E-state index contributed by atoms with van der Waals surface area (Å²) in [6.07, 6.45) is 4.26. The Hall–Kier alpha value is -1.35. The Bertz CT molecular complexity index is 335. The molecule has 0 radical (unpaired) electrons. The fourth-order valence-electron chi connectivity index (χ4n) is 1.87. The van der Waals surface area contributed by atoms with Crippen molar-refractivity contribution >= 4 is 5.97 Å². The Morgan fingerprint density at radius 1 is 1.22 bits per heavy atom. The van der Waals surface area contributed by atoms with E-state index in [1.54, 1.807) is 0 Å². The van der Waals surface area contributed by atoms with E-state index in [0.717, 1.165) is 32.1 Å². The van der Waals surface area contributed by atoms with Gasteiger partial charge in [0.25, 0.3) is 0 Å². The van der Waals surface area contributed by atoms with E-state index in [2.05, 4.69) is 16.9 Å². The van der Waals surface area contributed by atoms with Crippen LogP contribution in [0.25, 0.3) is 0 Å². The van der Waals surface area contributed by atoms with Crippen molar-refractivity contribution in [2.75, 3.05) is 7.11 Å². The molecular weight excluding hydrogens is 228 g/mol. The molecule has 0 aromatic heterocycles. The largest absolute Gasteiger partial charge is 0.469 e. The van der Waals surface area contributed by atoms with Gasteiger partial charge < -0.3 is 9.84 Å². The van der Waals surface area contributed by atoms with Crippen LogP contribution in [0.5, 0.6) is 0 Å². The van der Waals surface area contributed by atoms with Crippen LogP contribution in [0.4, 0.5) is 0 Å². The first-order valence-electron chi connectivity index (χ1n) is 6.51. The van der Waals surface area contributed by atoms with E-state index >= 15 is 0 Å². The number of aryl methyl sites for hydroxylation is 1. The molecule has 0 fully saturated rings. The Labute approximate surface area is 109 Å². The molecule has 100 valence electrons. The molecule has 3 nitrogen and oxygen atoms in total. The highest BCUT2D eigenvalue weighted by atomic mass is 16.5. The van der Waals surface area contributed by atoms with Crippen molar-refractivity contribution in [2.45, 2.75) is 44.6 Å². The minimum Gasteiger partial charge on any atom is -0.469 e. The standard InChI is InChI=1S/C15H22O3/c1-18-15(17)10-6-5-9-14(16)12-11-13-7-3-2-4-8-13/h2-4,7-8,14,16H,5-6,9-12H2,1H3. The van der Waals surface area contributed by atoms with Gasteiger partial charge in [-0.15, -0.1) is 0 Å². The second-order valence-electron chi connectivity index (χ2n) is 4.50. The highest BCUT2D eigenvalue weighted by Crippen LogP contribution is 2.10. The maximum absolute atomic E-state index is 10.9. The van der Waals surface area contributed by atoms with E-state index in [0.29, 0.717) is 6.42 Å². The second kappa shape index (κ2) is 8.70. The lowest BCUT2D eigenvalue weighted by Crippen LogP contribution is -2.08. The predicted octanol–water partition coefficient (Wildman–Crippen LogP) is 2.71. The Morgan fingerprint density at radius 3 is 2.61 bits per heavy atom. The van der Waals surface area contributed by atoms with Gasteiger partial charge in [0, 0.05) is 6.42 Å². The van der Waals surface area contributed by atoms with Crippen molar-refractivity contribution in [1.29, 1.82) is 0 Å². The third-order valence-electron chi connectivity index (χ3n) is 3.00. The van der Waals surface area contributed by atoms with Gasteiger partial charge in [0.15, 0.2) is 0 Å². The number of esters is 1. The predicted molar refractivity (Wildman–Crippen MR) is 71.3 cm³/mol. The minimum absolute atomic E-state index is 0.172. The maximum atomic E-state index is 10.9. The highest BCUT2D eigenvalue weighted by molar-refractivity contribution is 5.68. The van der Waals surface area contributed by atoms with Gasteiger partial charge >= 0.3 is 5.97 Å². The number of ether oxygens (including phenoxy) is 1.